The second-order valence-electron chi connectivity index (χ2n) is 2.68. The molecule has 2 rings (SSSR count). The van der Waals surface area contributed by atoms with Gasteiger partial charge in [-0.25, -0.2) is 4.79 Å². The van der Waals surface area contributed by atoms with Gasteiger partial charge in [-0.2, -0.15) is 4.98 Å². The molecule has 1 aromatic rings. The molecule has 1 saturated heterocycles. The Hall–Kier alpha value is -0.850. The van der Waals surface area contributed by atoms with Crippen molar-refractivity contribution in [2.24, 2.45) is 0 Å². The van der Waals surface area contributed by atoms with Crippen LogP contribution < -0.4 is 4.74 Å². The summed E-state index contributed by atoms with van der Waals surface area (Å²) >= 11 is 6.52. The van der Waals surface area contributed by atoms with E-state index in [1.165, 1.54) is 0 Å². The molecular weight excluding hydrogens is 230 g/mol. The average Bonchev–Trinajstić information content (AvgIpc) is 2.39. The first kappa shape index (κ1) is 9.70. The van der Waals surface area contributed by atoms with Crippen molar-refractivity contribution in [1.82, 2.24) is 4.98 Å². The summed E-state index contributed by atoms with van der Waals surface area (Å²) in [7, 11) is 0. The van der Waals surface area contributed by atoms with Crippen molar-refractivity contribution >= 4 is 28.9 Å². The van der Waals surface area contributed by atoms with Gasteiger partial charge in [0.15, 0.2) is 10.0 Å². The van der Waals surface area contributed by atoms with E-state index in [-0.39, 0.29) is 21.3 Å². The standard InChI is InChI=1S/C7H6ClNO4S/c8-5-4(6(10)11)14-7(9-5)13-3-1-12-2-3/h3H,1-2H2,(H,10,11). The number of aromatic nitrogens is 1. The van der Waals surface area contributed by atoms with Crippen molar-refractivity contribution < 1.29 is 19.4 Å². The summed E-state index contributed by atoms with van der Waals surface area (Å²) < 4.78 is 10.2. The fourth-order valence-corrected chi connectivity index (χ4v) is 1.93. The zero-order chi connectivity index (χ0) is 10.1. The van der Waals surface area contributed by atoms with Gasteiger partial charge in [0.2, 0.25) is 0 Å². The van der Waals surface area contributed by atoms with E-state index in [4.69, 9.17) is 26.2 Å². The molecule has 1 aromatic heterocycles. The Morgan fingerprint density at radius 1 is 1.71 bits per heavy atom. The third-order valence-corrected chi connectivity index (χ3v) is 2.96. The van der Waals surface area contributed by atoms with Crippen molar-refractivity contribution in [2.75, 3.05) is 13.2 Å². The molecule has 1 N–H and O–H groups in total. The van der Waals surface area contributed by atoms with Gasteiger partial charge in [0, 0.05) is 0 Å². The van der Waals surface area contributed by atoms with E-state index in [2.05, 4.69) is 4.98 Å². The Morgan fingerprint density at radius 3 is 2.86 bits per heavy atom. The number of carboxylic acid groups (broad SMARTS) is 1. The van der Waals surface area contributed by atoms with Crippen LogP contribution in [0, 0.1) is 0 Å². The lowest BCUT2D eigenvalue weighted by Crippen LogP contribution is -2.38. The van der Waals surface area contributed by atoms with Crippen LogP contribution in [0.3, 0.4) is 0 Å². The maximum Gasteiger partial charge on any atom is 0.349 e. The lowest BCUT2D eigenvalue weighted by atomic mass is 10.3. The molecule has 1 aliphatic rings. The molecular formula is C7H6ClNO4S. The fraction of sp³-hybridized carbons (Fsp3) is 0.429. The van der Waals surface area contributed by atoms with Crippen molar-refractivity contribution in [2.45, 2.75) is 6.10 Å². The third-order valence-electron chi connectivity index (χ3n) is 1.64. The third kappa shape index (κ3) is 1.82. The number of thiazole rings is 1. The molecule has 0 aliphatic carbocycles. The molecule has 0 bridgehead atoms. The van der Waals surface area contributed by atoms with Gasteiger partial charge in [-0.3, -0.25) is 0 Å². The van der Waals surface area contributed by atoms with Gasteiger partial charge in [-0.05, 0) is 0 Å². The lowest BCUT2D eigenvalue weighted by Gasteiger charge is -2.24. The minimum atomic E-state index is -1.09. The molecule has 0 saturated carbocycles. The summed E-state index contributed by atoms with van der Waals surface area (Å²) in [5, 5.41) is 8.94. The molecule has 0 spiro atoms. The Balaban J connectivity index is 2.10. The SMILES string of the molecule is O=C(O)c1sc(OC2COC2)nc1Cl. The Kier molecular flexibility index (Phi) is 2.58. The van der Waals surface area contributed by atoms with Crippen molar-refractivity contribution in [3.05, 3.63) is 10.0 Å². The van der Waals surface area contributed by atoms with E-state index in [0.717, 1.165) is 11.3 Å². The van der Waals surface area contributed by atoms with E-state index in [0.29, 0.717) is 13.2 Å². The Bertz CT molecular complexity index is 363. The topological polar surface area (TPSA) is 68.7 Å². The molecule has 0 atom stereocenters. The van der Waals surface area contributed by atoms with Crippen LogP contribution in [0.25, 0.3) is 0 Å². The van der Waals surface area contributed by atoms with Crippen LogP contribution in [0.4, 0.5) is 0 Å². The number of hydrogen-bond acceptors (Lipinski definition) is 5. The fourth-order valence-electron chi connectivity index (χ4n) is 0.890. The monoisotopic (exact) mass is 235 g/mol. The first-order chi connectivity index (χ1) is 6.66. The maximum atomic E-state index is 10.6. The van der Waals surface area contributed by atoms with Crippen LogP contribution in [-0.4, -0.2) is 35.4 Å². The summed E-state index contributed by atoms with van der Waals surface area (Å²) in [6, 6.07) is 0. The van der Waals surface area contributed by atoms with Crippen molar-refractivity contribution in [3.63, 3.8) is 0 Å². The predicted octanol–water partition coefficient (Wildman–Crippen LogP) is 1.27. The normalized spacial score (nSPS) is 16.4. The maximum absolute atomic E-state index is 10.6. The van der Waals surface area contributed by atoms with E-state index in [1.54, 1.807) is 0 Å². The molecule has 0 unspecified atom stereocenters. The number of nitrogens with zero attached hydrogens (tertiary/aromatic N) is 1. The highest BCUT2D eigenvalue weighted by atomic mass is 35.5. The number of rotatable bonds is 3. The molecule has 5 nitrogen and oxygen atoms in total. The van der Waals surface area contributed by atoms with Gasteiger partial charge in [0.05, 0.1) is 13.2 Å². The van der Waals surface area contributed by atoms with E-state index >= 15 is 0 Å². The van der Waals surface area contributed by atoms with Gasteiger partial charge in [0.25, 0.3) is 5.19 Å². The summed E-state index contributed by atoms with van der Waals surface area (Å²) in [6.45, 7) is 1.03. The summed E-state index contributed by atoms with van der Waals surface area (Å²) in [4.78, 5) is 14.4. The van der Waals surface area contributed by atoms with Crippen molar-refractivity contribution in [3.8, 4) is 5.19 Å². The Labute approximate surface area is 88.2 Å². The highest BCUT2D eigenvalue weighted by molar-refractivity contribution is 7.15. The molecule has 2 heterocycles. The van der Waals surface area contributed by atoms with Gasteiger partial charge in [-0.15, -0.1) is 0 Å². The summed E-state index contributed by atoms with van der Waals surface area (Å²) in [5.41, 5.74) is 0. The zero-order valence-corrected chi connectivity index (χ0v) is 8.47. The summed E-state index contributed by atoms with van der Waals surface area (Å²) in [6.07, 6.45) is -0.0288. The van der Waals surface area contributed by atoms with E-state index in [1.807, 2.05) is 0 Å². The van der Waals surface area contributed by atoms with E-state index < -0.39 is 5.97 Å². The number of ether oxygens (including phenoxy) is 2. The van der Waals surface area contributed by atoms with Crippen LogP contribution in [-0.2, 0) is 4.74 Å². The molecule has 7 heteroatoms. The summed E-state index contributed by atoms with van der Waals surface area (Å²) in [5.74, 6) is -1.09. The molecule has 0 radical (unpaired) electrons. The van der Waals surface area contributed by atoms with Crippen LogP contribution in [0.15, 0.2) is 0 Å². The highest BCUT2D eigenvalue weighted by Crippen LogP contribution is 2.29. The number of halogens is 1. The van der Waals surface area contributed by atoms with Crippen LogP contribution in [0.5, 0.6) is 5.19 Å². The van der Waals surface area contributed by atoms with Gasteiger partial charge in [-0.1, -0.05) is 22.9 Å². The van der Waals surface area contributed by atoms with Gasteiger partial charge < -0.3 is 14.6 Å². The largest absolute Gasteiger partial charge is 0.477 e. The number of aromatic carboxylic acids is 1. The first-order valence-electron chi connectivity index (χ1n) is 3.81. The first-order valence-corrected chi connectivity index (χ1v) is 5.00. The molecule has 0 aromatic carbocycles. The minimum Gasteiger partial charge on any atom is -0.477 e. The van der Waals surface area contributed by atoms with Crippen LogP contribution in [0.1, 0.15) is 9.67 Å². The highest BCUT2D eigenvalue weighted by Gasteiger charge is 2.23. The van der Waals surface area contributed by atoms with Gasteiger partial charge >= 0.3 is 5.97 Å². The molecule has 0 amide bonds. The number of carbonyl (C=O) groups is 1. The minimum absolute atomic E-state index is 0.00177. The average molecular weight is 236 g/mol. The second kappa shape index (κ2) is 3.72. The number of hydrogen-bond donors (Lipinski definition) is 1. The predicted molar refractivity (Wildman–Crippen MR) is 49.3 cm³/mol. The Morgan fingerprint density at radius 2 is 2.43 bits per heavy atom. The molecule has 1 aliphatic heterocycles. The van der Waals surface area contributed by atoms with Crippen molar-refractivity contribution in [1.29, 1.82) is 0 Å². The quantitative estimate of drug-likeness (QED) is 0.855. The van der Waals surface area contributed by atoms with E-state index in [9.17, 15) is 4.79 Å². The molecule has 1 fully saturated rings. The lowest BCUT2D eigenvalue weighted by molar-refractivity contribution is -0.0797. The molecule has 14 heavy (non-hydrogen) atoms. The molecule has 76 valence electrons. The smallest absolute Gasteiger partial charge is 0.349 e. The second-order valence-corrected chi connectivity index (χ2v) is 4.00. The number of carboxylic acids is 1. The van der Waals surface area contributed by atoms with Crippen LogP contribution in [0.2, 0.25) is 5.15 Å². The van der Waals surface area contributed by atoms with Gasteiger partial charge in [0.1, 0.15) is 6.10 Å². The zero-order valence-electron chi connectivity index (χ0n) is 6.90. The van der Waals surface area contributed by atoms with Crippen LogP contribution >= 0.6 is 22.9 Å².